The maximum absolute atomic E-state index is 10.6. The highest BCUT2D eigenvalue weighted by Crippen LogP contribution is 2.42. The molecule has 1 N–H and O–H groups in total. The van der Waals surface area contributed by atoms with Crippen molar-refractivity contribution >= 4 is 8.32 Å². The molecule has 0 spiro atoms. The average molecular weight is 349 g/mol. The van der Waals surface area contributed by atoms with E-state index in [1.807, 2.05) is 37.3 Å². The van der Waals surface area contributed by atoms with Gasteiger partial charge in [-0.2, -0.15) is 0 Å². The van der Waals surface area contributed by atoms with Crippen LogP contribution in [0.1, 0.15) is 60.1 Å². The van der Waals surface area contributed by atoms with Gasteiger partial charge in [-0.3, -0.25) is 0 Å². The van der Waals surface area contributed by atoms with Gasteiger partial charge < -0.3 is 9.53 Å². The number of hydrogen-bond donors (Lipinski definition) is 1. The number of benzene rings is 1. The van der Waals surface area contributed by atoms with Gasteiger partial charge in [0.2, 0.25) is 8.32 Å². The molecular weight excluding hydrogens is 312 g/mol. The van der Waals surface area contributed by atoms with E-state index in [9.17, 15) is 5.11 Å². The Morgan fingerprint density at radius 3 is 1.83 bits per heavy atom. The minimum absolute atomic E-state index is 0.0226. The van der Waals surface area contributed by atoms with Crippen molar-refractivity contribution in [3.63, 3.8) is 0 Å². The van der Waals surface area contributed by atoms with E-state index in [4.69, 9.17) is 4.43 Å². The third-order valence-electron chi connectivity index (χ3n) is 5.47. The van der Waals surface area contributed by atoms with Gasteiger partial charge in [0.25, 0.3) is 0 Å². The monoisotopic (exact) mass is 348 g/mol. The molecule has 0 amide bonds. The van der Waals surface area contributed by atoms with Gasteiger partial charge in [-0.25, -0.2) is 0 Å². The van der Waals surface area contributed by atoms with E-state index in [1.54, 1.807) is 0 Å². The highest BCUT2D eigenvalue weighted by atomic mass is 28.4. The molecule has 1 aromatic carbocycles. The quantitative estimate of drug-likeness (QED) is 0.431. The van der Waals surface area contributed by atoms with Gasteiger partial charge in [-0.1, -0.05) is 85.4 Å². The summed E-state index contributed by atoms with van der Waals surface area (Å²) < 4.78 is 6.61. The van der Waals surface area contributed by atoms with E-state index in [1.165, 1.54) is 0 Å². The van der Waals surface area contributed by atoms with Crippen molar-refractivity contribution in [3.05, 3.63) is 48.0 Å². The Labute approximate surface area is 150 Å². The fourth-order valence-electron chi connectivity index (χ4n) is 4.01. The first-order chi connectivity index (χ1) is 11.1. The summed E-state index contributed by atoms with van der Waals surface area (Å²) in [7, 11) is -1.89. The molecule has 0 saturated heterocycles. The lowest BCUT2D eigenvalue weighted by atomic mass is 9.92. The van der Waals surface area contributed by atoms with Gasteiger partial charge >= 0.3 is 0 Å². The second-order valence-electron chi connectivity index (χ2n) is 7.91. The molecule has 0 aliphatic rings. The summed E-state index contributed by atoms with van der Waals surface area (Å²) in [5.74, 6) is -0.0226. The number of aliphatic hydroxyl groups excluding tert-OH is 1. The summed E-state index contributed by atoms with van der Waals surface area (Å²) in [6, 6.07) is 9.81. The molecule has 1 aromatic rings. The molecule has 1 rings (SSSR count). The molecule has 0 heterocycles. The van der Waals surface area contributed by atoms with E-state index in [2.05, 4.69) is 48.1 Å². The zero-order valence-corrected chi connectivity index (χ0v) is 17.5. The standard InChI is InChI=1S/C21H36O2Si/c1-15(2)24(16(3)4,17(5)6)23-14-18(7)19(8)21(22)20-12-10-9-11-13-20/h9-13,15-17,19,21-22H,7,14H2,1-6,8H3/t19-,21+/m0/s1. The van der Waals surface area contributed by atoms with Crippen LogP contribution < -0.4 is 0 Å². The Hall–Kier alpha value is -0.903. The molecule has 3 heteroatoms. The summed E-state index contributed by atoms with van der Waals surface area (Å²) >= 11 is 0. The van der Waals surface area contributed by atoms with E-state index >= 15 is 0 Å². The summed E-state index contributed by atoms with van der Waals surface area (Å²) in [6.07, 6.45) is -0.532. The smallest absolute Gasteiger partial charge is 0.200 e. The van der Waals surface area contributed by atoms with Crippen LogP contribution in [0, 0.1) is 5.92 Å². The minimum Gasteiger partial charge on any atom is -0.412 e. The largest absolute Gasteiger partial charge is 0.412 e. The Morgan fingerprint density at radius 2 is 1.42 bits per heavy atom. The van der Waals surface area contributed by atoms with Crippen LogP contribution >= 0.6 is 0 Å². The normalized spacial score (nSPS) is 15.1. The highest BCUT2D eigenvalue weighted by Gasteiger charge is 2.45. The second kappa shape index (κ2) is 8.98. The Kier molecular flexibility index (Phi) is 7.91. The number of aliphatic hydroxyl groups is 1. The maximum Gasteiger partial charge on any atom is 0.200 e. The minimum atomic E-state index is -1.89. The molecule has 0 fully saturated rings. The third-order valence-corrected chi connectivity index (χ3v) is 11.5. The molecule has 2 nitrogen and oxygen atoms in total. The van der Waals surface area contributed by atoms with Crippen molar-refractivity contribution in [2.75, 3.05) is 6.61 Å². The molecule has 24 heavy (non-hydrogen) atoms. The Morgan fingerprint density at radius 1 is 0.958 bits per heavy atom. The lowest BCUT2D eigenvalue weighted by molar-refractivity contribution is 0.127. The van der Waals surface area contributed by atoms with Gasteiger partial charge in [0.1, 0.15) is 0 Å². The molecule has 0 radical (unpaired) electrons. The first-order valence-corrected chi connectivity index (χ1v) is 11.3. The van der Waals surface area contributed by atoms with Crippen LogP contribution in [0.3, 0.4) is 0 Å². The van der Waals surface area contributed by atoms with Crippen molar-refractivity contribution in [2.45, 2.75) is 71.2 Å². The maximum atomic E-state index is 10.6. The average Bonchev–Trinajstić information content (AvgIpc) is 2.53. The summed E-state index contributed by atoms with van der Waals surface area (Å²) in [6.45, 7) is 20.5. The fraction of sp³-hybridized carbons (Fsp3) is 0.619. The first kappa shape index (κ1) is 21.1. The molecule has 0 saturated carbocycles. The van der Waals surface area contributed by atoms with Crippen molar-refractivity contribution in [3.8, 4) is 0 Å². The van der Waals surface area contributed by atoms with Crippen LogP contribution in [0.4, 0.5) is 0 Å². The first-order valence-electron chi connectivity index (χ1n) is 9.19. The predicted molar refractivity (Wildman–Crippen MR) is 107 cm³/mol. The Bertz CT molecular complexity index is 486. The highest BCUT2D eigenvalue weighted by molar-refractivity contribution is 6.77. The molecule has 0 aromatic heterocycles. The zero-order valence-electron chi connectivity index (χ0n) is 16.5. The summed E-state index contributed by atoms with van der Waals surface area (Å²) in [5, 5.41) is 10.6. The van der Waals surface area contributed by atoms with Crippen LogP contribution in [0.2, 0.25) is 16.6 Å². The number of rotatable bonds is 9. The van der Waals surface area contributed by atoms with Crippen LogP contribution in [0.5, 0.6) is 0 Å². The predicted octanol–water partition coefficient (Wildman–Crippen LogP) is 6.10. The van der Waals surface area contributed by atoms with E-state index < -0.39 is 14.4 Å². The lowest BCUT2D eigenvalue weighted by Gasteiger charge is -2.42. The lowest BCUT2D eigenvalue weighted by Crippen LogP contribution is -2.48. The van der Waals surface area contributed by atoms with Crippen molar-refractivity contribution in [1.29, 1.82) is 0 Å². The van der Waals surface area contributed by atoms with E-state index in [0.29, 0.717) is 23.2 Å². The van der Waals surface area contributed by atoms with Gasteiger partial charge in [-0.05, 0) is 27.8 Å². The van der Waals surface area contributed by atoms with E-state index in [0.717, 1.165) is 11.1 Å². The van der Waals surface area contributed by atoms with Crippen LogP contribution in [-0.4, -0.2) is 20.0 Å². The summed E-state index contributed by atoms with van der Waals surface area (Å²) in [5.41, 5.74) is 3.58. The SMILES string of the molecule is C=C(CO[Si](C(C)C)(C(C)C)C(C)C)[C@H](C)[C@@H](O)c1ccccc1. The van der Waals surface area contributed by atoms with Crippen LogP contribution in [0.15, 0.2) is 42.5 Å². The third kappa shape index (κ3) is 4.59. The zero-order chi connectivity index (χ0) is 18.5. The molecule has 0 aliphatic carbocycles. The van der Waals surface area contributed by atoms with Crippen molar-refractivity contribution in [1.82, 2.24) is 0 Å². The van der Waals surface area contributed by atoms with E-state index in [-0.39, 0.29) is 5.92 Å². The van der Waals surface area contributed by atoms with Gasteiger partial charge in [-0.15, -0.1) is 0 Å². The van der Waals surface area contributed by atoms with Crippen LogP contribution in [-0.2, 0) is 4.43 Å². The van der Waals surface area contributed by atoms with Gasteiger partial charge in [0.05, 0.1) is 12.7 Å². The van der Waals surface area contributed by atoms with Crippen molar-refractivity contribution in [2.24, 2.45) is 5.92 Å². The molecule has 2 atom stereocenters. The molecule has 0 unspecified atom stereocenters. The molecule has 0 bridgehead atoms. The van der Waals surface area contributed by atoms with Crippen molar-refractivity contribution < 1.29 is 9.53 Å². The van der Waals surface area contributed by atoms with Gasteiger partial charge in [0, 0.05) is 5.92 Å². The van der Waals surface area contributed by atoms with Gasteiger partial charge in [0.15, 0.2) is 0 Å². The fourth-order valence-corrected chi connectivity index (χ4v) is 9.45. The van der Waals surface area contributed by atoms with Crippen LogP contribution in [0.25, 0.3) is 0 Å². The Balaban J connectivity index is 2.82. The molecule has 0 aliphatic heterocycles. The molecular formula is C21H36O2Si. The summed E-state index contributed by atoms with van der Waals surface area (Å²) in [4.78, 5) is 0. The number of hydrogen-bond acceptors (Lipinski definition) is 2. The second-order valence-corrected chi connectivity index (χ2v) is 13.4. The molecule has 136 valence electrons. The topological polar surface area (TPSA) is 29.5 Å².